The number of likely N-dealkylation sites (tertiary alicyclic amines) is 1. The van der Waals surface area contributed by atoms with Gasteiger partial charge in [-0.05, 0) is 31.0 Å². The average Bonchev–Trinajstić information content (AvgIpc) is 3.14. The Balaban J connectivity index is 0.00000192. The Morgan fingerprint density at radius 1 is 1.22 bits per heavy atom. The van der Waals surface area contributed by atoms with E-state index in [4.69, 9.17) is 0 Å². The van der Waals surface area contributed by atoms with E-state index in [0.29, 0.717) is 5.69 Å². The molecule has 3 rings (SSSR count). The van der Waals surface area contributed by atoms with Gasteiger partial charge in [-0.1, -0.05) is 18.2 Å². The average molecular weight is 338 g/mol. The standard InChI is InChI=1S/C16H19N3O3.ClH/c20-14-7-8-15(21)19(14)10-11-4-1-2-5-12(11)18-16(22)13-6-3-9-17-13;/h1-2,4-5,13,17H,3,6-10H2,(H,18,22);1H. The molecule has 0 bridgehead atoms. The maximum Gasteiger partial charge on any atom is 0.241 e. The molecular weight excluding hydrogens is 318 g/mol. The summed E-state index contributed by atoms with van der Waals surface area (Å²) in [5.41, 5.74) is 1.44. The van der Waals surface area contributed by atoms with Gasteiger partial charge in [0.15, 0.2) is 0 Å². The van der Waals surface area contributed by atoms with E-state index in [-0.39, 0.29) is 55.6 Å². The van der Waals surface area contributed by atoms with Gasteiger partial charge in [0.05, 0.1) is 12.6 Å². The van der Waals surface area contributed by atoms with Crippen molar-refractivity contribution >= 4 is 35.8 Å². The Morgan fingerprint density at radius 2 is 1.91 bits per heavy atom. The number of carbonyl (C=O) groups excluding carboxylic acids is 3. The van der Waals surface area contributed by atoms with E-state index in [2.05, 4.69) is 10.6 Å². The van der Waals surface area contributed by atoms with Crippen molar-refractivity contribution in [1.82, 2.24) is 10.2 Å². The van der Waals surface area contributed by atoms with Crippen LogP contribution in [-0.2, 0) is 20.9 Å². The molecule has 1 aromatic carbocycles. The molecule has 1 aromatic rings. The minimum absolute atomic E-state index is 0. The Morgan fingerprint density at radius 3 is 2.57 bits per heavy atom. The fraction of sp³-hybridized carbons (Fsp3) is 0.438. The largest absolute Gasteiger partial charge is 0.324 e. The highest BCUT2D eigenvalue weighted by atomic mass is 35.5. The van der Waals surface area contributed by atoms with Crippen LogP contribution in [0, 0.1) is 0 Å². The SMILES string of the molecule is Cl.O=C(Nc1ccccc1CN1C(=O)CCC1=O)C1CCCN1. The molecule has 6 nitrogen and oxygen atoms in total. The summed E-state index contributed by atoms with van der Waals surface area (Å²) in [7, 11) is 0. The molecule has 23 heavy (non-hydrogen) atoms. The van der Waals surface area contributed by atoms with Crippen molar-refractivity contribution < 1.29 is 14.4 Å². The highest BCUT2D eigenvalue weighted by Crippen LogP contribution is 2.22. The van der Waals surface area contributed by atoms with Crippen molar-refractivity contribution in [1.29, 1.82) is 0 Å². The van der Waals surface area contributed by atoms with E-state index in [1.807, 2.05) is 18.2 Å². The summed E-state index contributed by atoms with van der Waals surface area (Å²) in [6.07, 6.45) is 2.38. The van der Waals surface area contributed by atoms with Gasteiger partial charge >= 0.3 is 0 Å². The first kappa shape index (κ1) is 17.4. The number of nitrogens with one attached hydrogen (secondary N) is 2. The number of carbonyl (C=O) groups is 3. The van der Waals surface area contributed by atoms with Gasteiger partial charge in [-0.2, -0.15) is 0 Å². The Labute approximate surface area is 141 Å². The summed E-state index contributed by atoms with van der Waals surface area (Å²) < 4.78 is 0. The Bertz CT molecular complexity index is 598. The molecule has 0 saturated carbocycles. The third kappa shape index (κ3) is 3.89. The smallest absolute Gasteiger partial charge is 0.241 e. The van der Waals surface area contributed by atoms with Crippen LogP contribution < -0.4 is 10.6 Å². The zero-order chi connectivity index (χ0) is 15.5. The normalized spacial score (nSPS) is 20.5. The van der Waals surface area contributed by atoms with Crippen LogP contribution in [0.1, 0.15) is 31.2 Å². The molecule has 0 aliphatic carbocycles. The molecule has 124 valence electrons. The molecule has 2 aliphatic heterocycles. The number of hydrogen-bond acceptors (Lipinski definition) is 4. The molecule has 0 spiro atoms. The van der Waals surface area contributed by atoms with Crippen molar-refractivity contribution in [2.45, 2.75) is 38.3 Å². The number of nitrogens with zero attached hydrogens (tertiary/aromatic N) is 1. The fourth-order valence-corrected chi connectivity index (χ4v) is 2.88. The van der Waals surface area contributed by atoms with Gasteiger partial charge in [0.2, 0.25) is 17.7 Å². The number of anilines is 1. The maximum atomic E-state index is 12.2. The molecular formula is C16H20ClN3O3. The Kier molecular flexibility index (Phi) is 5.74. The van der Waals surface area contributed by atoms with Crippen molar-refractivity contribution in [2.24, 2.45) is 0 Å². The molecule has 2 aliphatic rings. The zero-order valence-electron chi connectivity index (χ0n) is 12.7. The highest BCUT2D eigenvalue weighted by molar-refractivity contribution is 6.02. The van der Waals surface area contributed by atoms with E-state index in [1.165, 1.54) is 4.90 Å². The predicted octanol–water partition coefficient (Wildman–Crippen LogP) is 1.45. The summed E-state index contributed by atoms with van der Waals surface area (Å²) in [4.78, 5) is 37.0. The van der Waals surface area contributed by atoms with Gasteiger partial charge in [-0.25, -0.2) is 0 Å². The third-order valence-electron chi connectivity index (χ3n) is 4.14. The number of para-hydroxylation sites is 1. The number of benzene rings is 1. The second-order valence-corrected chi connectivity index (χ2v) is 5.67. The lowest BCUT2D eigenvalue weighted by Crippen LogP contribution is -2.36. The quantitative estimate of drug-likeness (QED) is 0.815. The molecule has 2 heterocycles. The lowest BCUT2D eigenvalue weighted by atomic mass is 10.1. The van der Waals surface area contributed by atoms with Crippen molar-refractivity contribution in [3.05, 3.63) is 29.8 Å². The number of halogens is 1. The van der Waals surface area contributed by atoms with Crippen LogP contribution >= 0.6 is 12.4 Å². The summed E-state index contributed by atoms with van der Waals surface area (Å²) in [5, 5.41) is 6.06. The number of imide groups is 1. The second kappa shape index (κ2) is 7.57. The first-order chi connectivity index (χ1) is 10.6. The van der Waals surface area contributed by atoms with E-state index in [1.54, 1.807) is 6.07 Å². The molecule has 3 amide bonds. The zero-order valence-corrected chi connectivity index (χ0v) is 13.5. The molecule has 0 aromatic heterocycles. The summed E-state index contributed by atoms with van der Waals surface area (Å²) in [5.74, 6) is -0.365. The van der Waals surface area contributed by atoms with Gasteiger partial charge in [0, 0.05) is 18.5 Å². The van der Waals surface area contributed by atoms with Gasteiger partial charge in [-0.3, -0.25) is 19.3 Å². The third-order valence-corrected chi connectivity index (χ3v) is 4.14. The van der Waals surface area contributed by atoms with Crippen LogP contribution in [-0.4, -0.2) is 35.2 Å². The van der Waals surface area contributed by atoms with E-state index in [9.17, 15) is 14.4 Å². The molecule has 0 radical (unpaired) electrons. The number of rotatable bonds is 4. The summed E-state index contributed by atoms with van der Waals surface area (Å²) in [6, 6.07) is 7.13. The Hall–Kier alpha value is -1.92. The first-order valence-corrected chi connectivity index (χ1v) is 7.60. The summed E-state index contributed by atoms with van der Waals surface area (Å²) in [6.45, 7) is 1.07. The van der Waals surface area contributed by atoms with Crippen molar-refractivity contribution in [3.63, 3.8) is 0 Å². The first-order valence-electron chi connectivity index (χ1n) is 7.60. The molecule has 1 atom stereocenters. The van der Waals surface area contributed by atoms with Crippen LogP contribution in [0.2, 0.25) is 0 Å². The highest BCUT2D eigenvalue weighted by Gasteiger charge is 2.29. The molecule has 2 saturated heterocycles. The molecule has 7 heteroatoms. The van der Waals surface area contributed by atoms with Crippen LogP contribution in [0.5, 0.6) is 0 Å². The fourth-order valence-electron chi connectivity index (χ4n) is 2.88. The minimum Gasteiger partial charge on any atom is -0.324 e. The van der Waals surface area contributed by atoms with Crippen LogP contribution in [0.25, 0.3) is 0 Å². The van der Waals surface area contributed by atoms with Gasteiger partial charge in [0.1, 0.15) is 0 Å². The van der Waals surface area contributed by atoms with E-state index >= 15 is 0 Å². The van der Waals surface area contributed by atoms with Crippen LogP contribution in [0.3, 0.4) is 0 Å². The van der Waals surface area contributed by atoms with Gasteiger partial charge < -0.3 is 10.6 Å². The predicted molar refractivity (Wildman–Crippen MR) is 88.1 cm³/mol. The number of amides is 3. The minimum atomic E-state index is -0.164. The molecule has 2 N–H and O–H groups in total. The lowest BCUT2D eigenvalue weighted by molar-refractivity contribution is -0.139. The topological polar surface area (TPSA) is 78.5 Å². The van der Waals surface area contributed by atoms with Gasteiger partial charge in [-0.15, -0.1) is 12.4 Å². The monoisotopic (exact) mass is 337 g/mol. The van der Waals surface area contributed by atoms with Crippen LogP contribution in [0.15, 0.2) is 24.3 Å². The van der Waals surface area contributed by atoms with E-state index < -0.39 is 0 Å². The second-order valence-electron chi connectivity index (χ2n) is 5.67. The molecule has 1 unspecified atom stereocenters. The summed E-state index contributed by atoms with van der Waals surface area (Å²) >= 11 is 0. The van der Waals surface area contributed by atoms with Crippen molar-refractivity contribution in [3.8, 4) is 0 Å². The van der Waals surface area contributed by atoms with Crippen LogP contribution in [0.4, 0.5) is 5.69 Å². The van der Waals surface area contributed by atoms with Gasteiger partial charge in [0.25, 0.3) is 0 Å². The number of hydrogen-bond donors (Lipinski definition) is 2. The van der Waals surface area contributed by atoms with Crippen molar-refractivity contribution in [2.75, 3.05) is 11.9 Å². The lowest BCUT2D eigenvalue weighted by Gasteiger charge is -2.18. The maximum absolute atomic E-state index is 12.2. The molecule has 2 fully saturated rings. The van der Waals surface area contributed by atoms with E-state index in [0.717, 1.165) is 24.9 Å².